The number of benzene rings is 1. The van der Waals surface area contributed by atoms with Crippen LogP contribution in [0.15, 0.2) is 17.3 Å². The summed E-state index contributed by atoms with van der Waals surface area (Å²) in [5.74, 6) is 0.238. The summed E-state index contributed by atoms with van der Waals surface area (Å²) >= 11 is 6.20. The van der Waals surface area contributed by atoms with Gasteiger partial charge in [-0.05, 0) is 75.8 Å². The van der Waals surface area contributed by atoms with Crippen molar-refractivity contribution in [2.24, 2.45) is 22.4 Å². The van der Waals surface area contributed by atoms with Gasteiger partial charge in [-0.3, -0.25) is 19.2 Å². The number of aliphatic hydroxyl groups is 1. The summed E-state index contributed by atoms with van der Waals surface area (Å²) in [7, 11) is 5.25. The summed E-state index contributed by atoms with van der Waals surface area (Å²) in [5, 5.41) is 29.3. The maximum absolute atomic E-state index is 11.9. The van der Waals surface area contributed by atoms with Gasteiger partial charge in [0.05, 0.1) is 31.0 Å². The molecule has 0 aromatic heterocycles. The largest absolute Gasteiger partial charge is 0.496 e. The van der Waals surface area contributed by atoms with Crippen LogP contribution >= 0.6 is 11.6 Å². The molecule has 4 atom stereocenters. The zero-order valence-electron chi connectivity index (χ0n) is 34.3. The normalized spacial score (nSPS) is 19.7. The van der Waals surface area contributed by atoms with E-state index in [-0.39, 0.29) is 29.8 Å². The molecule has 2 aliphatic carbocycles. The molecule has 3 fully saturated rings. The third-order valence-electron chi connectivity index (χ3n) is 9.56. The van der Waals surface area contributed by atoms with Crippen molar-refractivity contribution in [3.63, 3.8) is 0 Å². The maximum atomic E-state index is 11.9. The zero-order chi connectivity index (χ0) is 41.7. The molecule has 312 valence electrons. The number of Topliss-reactive ketones (excluding diaryl/α,β-unsaturated/α-hetero) is 1. The van der Waals surface area contributed by atoms with Crippen LogP contribution in [0.25, 0.3) is 0 Å². The van der Waals surface area contributed by atoms with Gasteiger partial charge in [-0.25, -0.2) is 0 Å². The molecular formula is C40H66ClN5O9. The van der Waals surface area contributed by atoms with E-state index in [1.54, 1.807) is 31.7 Å². The van der Waals surface area contributed by atoms with Crippen LogP contribution in [0.2, 0.25) is 5.02 Å². The topological polar surface area (TPSA) is 196 Å². The van der Waals surface area contributed by atoms with E-state index in [1.165, 1.54) is 25.7 Å². The molecule has 5 N–H and O–H groups in total. The Morgan fingerprint density at radius 1 is 1.00 bits per heavy atom. The molecule has 14 nitrogen and oxygen atoms in total. The van der Waals surface area contributed by atoms with Gasteiger partial charge >= 0.3 is 0 Å². The lowest BCUT2D eigenvalue weighted by Gasteiger charge is -2.28. The molecule has 2 saturated carbocycles. The van der Waals surface area contributed by atoms with E-state index in [0.29, 0.717) is 58.5 Å². The summed E-state index contributed by atoms with van der Waals surface area (Å²) < 4.78 is 10.6. The molecule has 1 aromatic carbocycles. The highest BCUT2D eigenvalue weighted by Gasteiger charge is 2.31. The monoisotopic (exact) mass is 795 g/mol. The van der Waals surface area contributed by atoms with Gasteiger partial charge in [0.2, 0.25) is 12.3 Å². The minimum absolute atomic E-state index is 0.0314. The fraction of sp³-hybridized carbons (Fsp3) is 0.700. The number of amides is 3. The van der Waals surface area contributed by atoms with Crippen molar-refractivity contribution in [3.05, 3.63) is 22.7 Å². The summed E-state index contributed by atoms with van der Waals surface area (Å²) in [5.41, 5.74) is 1.09. The number of nitrogens with zero attached hydrogens (tertiary/aromatic N) is 2. The number of carbonyl (C=O) groups is 5. The van der Waals surface area contributed by atoms with Crippen LogP contribution in [0, 0.1) is 17.3 Å². The molecule has 4 rings (SSSR count). The highest BCUT2D eigenvalue weighted by atomic mass is 35.5. The lowest BCUT2D eigenvalue weighted by Crippen LogP contribution is -2.45. The molecule has 3 amide bonds. The van der Waals surface area contributed by atoms with Crippen molar-refractivity contribution in [2.75, 3.05) is 27.8 Å². The van der Waals surface area contributed by atoms with Gasteiger partial charge in [-0.2, -0.15) is 0 Å². The predicted octanol–water partition coefficient (Wildman–Crippen LogP) is 5.27. The number of hydrogen-bond acceptors (Lipinski definition) is 11. The van der Waals surface area contributed by atoms with Crippen LogP contribution in [0.3, 0.4) is 0 Å². The SMILES string of the molecule is CC(C)(C)C(C=O)NC(=O)CC1CCCCC1.CCC.COc1cc(OC)c(/C(CC2CC(C)N(C)C2)=N/O)cc1Cl.O=CNC(O)C(=O)C(=O)NC1CC1. The Morgan fingerprint density at radius 3 is 2.05 bits per heavy atom. The first kappa shape index (κ1) is 49.3. The molecule has 4 unspecified atom stereocenters. The van der Waals surface area contributed by atoms with Gasteiger partial charge in [0.25, 0.3) is 11.7 Å². The number of aldehydes is 1. The van der Waals surface area contributed by atoms with Crippen LogP contribution < -0.4 is 25.4 Å². The second kappa shape index (κ2) is 25.4. The molecule has 0 radical (unpaired) electrons. The average molecular weight is 796 g/mol. The van der Waals surface area contributed by atoms with Crippen LogP contribution in [0.1, 0.15) is 118 Å². The number of oxime groups is 1. The Morgan fingerprint density at radius 2 is 1.60 bits per heavy atom. The van der Waals surface area contributed by atoms with E-state index in [9.17, 15) is 29.2 Å². The molecular weight excluding hydrogens is 730 g/mol. The first-order valence-electron chi connectivity index (χ1n) is 19.3. The second-order valence-electron chi connectivity index (χ2n) is 15.6. The van der Waals surface area contributed by atoms with E-state index < -0.39 is 17.9 Å². The van der Waals surface area contributed by atoms with E-state index in [2.05, 4.69) is 48.5 Å². The molecule has 3 aliphatic rings. The summed E-state index contributed by atoms with van der Waals surface area (Å²) in [6.45, 7) is 13.3. The van der Waals surface area contributed by atoms with Crippen molar-refractivity contribution >= 4 is 47.6 Å². The van der Waals surface area contributed by atoms with Crippen LogP contribution in [0.4, 0.5) is 0 Å². The highest BCUT2D eigenvalue weighted by molar-refractivity contribution is 6.38. The minimum atomic E-state index is -1.74. The molecule has 1 aromatic rings. The van der Waals surface area contributed by atoms with Gasteiger partial charge in [-0.1, -0.05) is 77.1 Å². The number of ether oxygens (including phenoxy) is 2. The fourth-order valence-corrected chi connectivity index (χ4v) is 6.37. The van der Waals surface area contributed by atoms with Crippen LogP contribution in [-0.2, 0) is 24.0 Å². The second-order valence-corrected chi connectivity index (χ2v) is 16.0. The van der Waals surface area contributed by atoms with Gasteiger partial charge in [0, 0.05) is 36.7 Å². The lowest BCUT2D eigenvalue weighted by molar-refractivity contribution is -0.144. The molecule has 55 heavy (non-hydrogen) atoms. The third kappa shape index (κ3) is 18.2. The fourth-order valence-electron chi connectivity index (χ4n) is 6.12. The van der Waals surface area contributed by atoms with Gasteiger partial charge in [-0.15, -0.1) is 0 Å². The molecule has 0 bridgehead atoms. The average Bonchev–Trinajstić information content (AvgIpc) is 3.91. The number of methoxy groups -OCH3 is 2. The number of hydrogen-bond donors (Lipinski definition) is 5. The van der Waals surface area contributed by atoms with Crippen molar-refractivity contribution in [1.82, 2.24) is 20.9 Å². The van der Waals surface area contributed by atoms with E-state index in [0.717, 1.165) is 44.9 Å². The molecule has 0 spiro atoms. The molecule has 1 heterocycles. The van der Waals surface area contributed by atoms with E-state index in [1.807, 2.05) is 20.8 Å². The Kier molecular flexibility index (Phi) is 22.8. The number of rotatable bonds is 14. The van der Waals surface area contributed by atoms with E-state index in [4.69, 9.17) is 26.2 Å². The predicted molar refractivity (Wildman–Crippen MR) is 214 cm³/mol. The number of ketones is 1. The smallest absolute Gasteiger partial charge is 0.292 e. The molecule has 1 aliphatic heterocycles. The number of nitrogens with one attached hydrogen (secondary N) is 3. The zero-order valence-corrected chi connectivity index (χ0v) is 35.0. The third-order valence-corrected chi connectivity index (χ3v) is 9.85. The van der Waals surface area contributed by atoms with Crippen molar-refractivity contribution in [3.8, 4) is 11.5 Å². The van der Waals surface area contributed by atoms with Crippen LogP contribution in [0.5, 0.6) is 11.5 Å². The van der Waals surface area contributed by atoms with E-state index >= 15 is 0 Å². The lowest BCUT2D eigenvalue weighted by atomic mass is 9.85. The summed E-state index contributed by atoms with van der Waals surface area (Å²) in [6, 6.07) is 3.67. The highest BCUT2D eigenvalue weighted by Crippen LogP contribution is 2.35. The van der Waals surface area contributed by atoms with Crippen molar-refractivity contribution in [2.45, 2.75) is 137 Å². The van der Waals surface area contributed by atoms with Crippen molar-refractivity contribution in [1.29, 1.82) is 0 Å². The van der Waals surface area contributed by atoms with Crippen molar-refractivity contribution < 1.29 is 43.8 Å². The Hall–Kier alpha value is -3.75. The first-order chi connectivity index (χ1) is 26.0. The minimum Gasteiger partial charge on any atom is -0.496 e. The quantitative estimate of drug-likeness (QED) is 0.0414. The Balaban J connectivity index is 0.000000410. The van der Waals surface area contributed by atoms with Crippen LogP contribution in [-0.4, -0.2) is 103 Å². The standard InChI is InChI=1S/C16H23ClN2O3.C14H25NO2.C7H10N2O4.C3H8/c1-10-5-11(9-19(10)2)6-14(18-20)12-7-13(17)16(22-4)8-15(12)21-3;1-14(2,3)12(10-16)15-13(17)9-11-7-5-4-6-8-11;10-3-8-6(12)5(11)7(13)9-4-1-2-4;1-3-2/h7-8,10-11,20H,5-6,9H2,1-4H3;10-12H,4-9H2,1-3H3,(H,15,17);3-4,6,12H,1-2H2,(H,8,10)(H,9,13);3H2,1-2H3/b18-14+;;;. The van der Waals surface area contributed by atoms with Gasteiger partial charge in [0.15, 0.2) is 6.23 Å². The molecule has 15 heteroatoms. The summed E-state index contributed by atoms with van der Waals surface area (Å²) in [4.78, 5) is 56.8. The Labute approximate surface area is 332 Å². The number of likely N-dealkylation sites (tertiary alicyclic amines) is 1. The van der Waals surface area contributed by atoms with Gasteiger partial charge < -0.3 is 45.4 Å². The number of carbonyl (C=O) groups excluding carboxylic acids is 5. The van der Waals surface area contributed by atoms with Gasteiger partial charge in [0.1, 0.15) is 17.8 Å². The number of halogens is 1. The first-order valence-corrected chi connectivity index (χ1v) is 19.7. The molecule has 1 saturated heterocycles. The summed E-state index contributed by atoms with van der Waals surface area (Å²) in [6.07, 6.45) is 10.7. The Bertz CT molecular complexity index is 1380. The maximum Gasteiger partial charge on any atom is 0.292 e. The number of aliphatic hydroxyl groups excluding tert-OH is 1.